The third kappa shape index (κ3) is 3.48. The largest absolute Gasteiger partial charge is 0.462 e. The van der Waals surface area contributed by atoms with E-state index in [0.29, 0.717) is 11.3 Å². The van der Waals surface area contributed by atoms with Crippen molar-refractivity contribution in [3.63, 3.8) is 0 Å². The van der Waals surface area contributed by atoms with Gasteiger partial charge in [0.2, 0.25) is 0 Å². The summed E-state index contributed by atoms with van der Waals surface area (Å²) in [6, 6.07) is 5.55. The minimum absolute atomic E-state index is 0.123. The topological polar surface area (TPSA) is 99.2 Å². The number of benzene rings is 1. The van der Waals surface area contributed by atoms with Gasteiger partial charge in [-0.2, -0.15) is 5.10 Å². The molecule has 0 saturated heterocycles. The van der Waals surface area contributed by atoms with E-state index in [1.807, 2.05) is 13.0 Å². The molecule has 0 atom stereocenters. The molecule has 1 fully saturated rings. The van der Waals surface area contributed by atoms with Gasteiger partial charge in [0.1, 0.15) is 16.4 Å². The number of anilines is 1. The van der Waals surface area contributed by atoms with Crippen LogP contribution in [-0.4, -0.2) is 34.3 Å². The second kappa shape index (κ2) is 6.79. The van der Waals surface area contributed by atoms with Crippen LogP contribution >= 0.6 is 12.6 Å². The molecule has 1 aliphatic carbocycles. The molecule has 1 aromatic carbocycles. The Hall–Kier alpha value is -2.48. The first-order chi connectivity index (χ1) is 11.9. The van der Waals surface area contributed by atoms with Crippen LogP contribution in [0.15, 0.2) is 23.2 Å². The number of esters is 1. The second-order valence-electron chi connectivity index (χ2n) is 5.97. The van der Waals surface area contributed by atoms with Gasteiger partial charge in [-0.3, -0.25) is 4.79 Å². The predicted octanol–water partition coefficient (Wildman–Crippen LogP) is 2.12. The van der Waals surface area contributed by atoms with Crippen molar-refractivity contribution in [1.82, 2.24) is 15.1 Å². The van der Waals surface area contributed by atoms with Crippen molar-refractivity contribution in [3.05, 3.63) is 34.9 Å². The minimum atomic E-state index is -0.573. The lowest BCUT2D eigenvalue weighted by Crippen LogP contribution is -2.25. The van der Waals surface area contributed by atoms with E-state index in [-0.39, 0.29) is 35.0 Å². The molecule has 1 aliphatic rings. The summed E-state index contributed by atoms with van der Waals surface area (Å²) in [7, 11) is 0. The Bertz CT molecular complexity index is 843. The Morgan fingerprint density at radius 3 is 2.80 bits per heavy atom. The number of thiol groups is 1. The molecule has 3 rings (SSSR count). The zero-order chi connectivity index (χ0) is 18.1. The predicted molar refractivity (Wildman–Crippen MR) is 96.4 cm³/mol. The highest BCUT2D eigenvalue weighted by molar-refractivity contribution is 7.80. The fourth-order valence-corrected chi connectivity index (χ4v) is 2.77. The van der Waals surface area contributed by atoms with Crippen LogP contribution in [0.5, 0.6) is 0 Å². The van der Waals surface area contributed by atoms with Gasteiger partial charge in [0.15, 0.2) is 0 Å². The average Bonchev–Trinajstić information content (AvgIpc) is 3.32. The molecule has 0 aliphatic heterocycles. The van der Waals surface area contributed by atoms with Gasteiger partial charge in [-0.1, -0.05) is 6.07 Å². The lowest BCUT2D eigenvalue weighted by atomic mass is 10.1. The van der Waals surface area contributed by atoms with E-state index < -0.39 is 5.97 Å². The third-order valence-corrected chi connectivity index (χ3v) is 4.31. The highest BCUT2D eigenvalue weighted by Crippen LogP contribution is 2.27. The Morgan fingerprint density at radius 2 is 2.16 bits per heavy atom. The third-order valence-electron chi connectivity index (χ3n) is 3.99. The highest BCUT2D eigenvalue weighted by Gasteiger charge is 2.25. The number of nitrogen functional groups attached to an aromatic ring is 1. The summed E-state index contributed by atoms with van der Waals surface area (Å²) in [5.74, 6) is -0.575. The minimum Gasteiger partial charge on any atom is -0.462 e. The van der Waals surface area contributed by atoms with Gasteiger partial charge in [0.25, 0.3) is 5.91 Å². The van der Waals surface area contributed by atoms with Crippen molar-refractivity contribution in [2.24, 2.45) is 0 Å². The van der Waals surface area contributed by atoms with Crippen LogP contribution < -0.4 is 11.1 Å². The number of nitrogens with zero attached hydrogens (tertiary/aromatic N) is 2. The number of hydrogen-bond acceptors (Lipinski definition) is 6. The van der Waals surface area contributed by atoms with Gasteiger partial charge in [-0.05, 0) is 44.4 Å². The zero-order valence-electron chi connectivity index (χ0n) is 14.1. The van der Waals surface area contributed by atoms with Crippen LogP contribution in [0.3, 0.4) is 0 Å². The first-order valence-electron chi connectivity index (χ1n) is 8.08. The summed E-state index contributed by atoms with van der Waals surface area (Å²) >= 11 is 4.23. The quantitative estimate of drug-likeness (QED) is 0.560. The maximum Gasteiger partial charge on any atom is 0.344 e. The van der Waals surface area contributed by atoms with Crippen molar-refractivity contribution < 1.29 is 14.3 Å². The molecule has 0 radical (unpaired) electrons. The number of aromatic nitrogens is 2. The van der Waals surface area contributed by atoms with Crippen LogP contribution in [0.2, 0.25) is 0 Å². The molecule has 25 heavy (non-hydrogen) atoms. The van der Waals surface area contributed by atoms with E-state index in [0.717, 1.165) is 18.4 Å². The number of rotatable bonds is 5. The first-order valence-corrected chi connectivity index (χ1v) is 8.53. The van der Waals surface area contributed by atoms with Crippen molar-refractivity contribution in [3.8, 4) is 5.69 Å². The molecule has 132 valence electrons. The number of ether oxygens (including phenoxy) is 1. The van der Waals surface area contributed by atoms with Gasteiger partial charge in [0, 0.05) is 11.6 Å². The Morgan fingerprint density at radius 1 is 1.44 bits per heavy atom. The standard InChI is InChI=1S/C17H20N4O3S/c1-3-24-17(23)13-14(18)21(20-16(13)25)12-8-10(5-4-9(12)2)15(22)19-11-6-7-11/h4-5,8,11H,3,6-7,18H2,1-2H3,(H,19,22)(H,20,25). The molecule has 1 saturated carbocycles. The van der Waals surface area contributed by atoms with Crippen LogP contribution in [0.4, 0.5) is 5.82 Å². The summed E-state index contributed by atoms with van der Waals surface area (Å²) in [4.78, 5) is 24.3. The van der Waals surface area contributed by atoms with E-state index in [1.54, 1.807) is 19.1 Å². The smallest absolute Gasteiger partial charge is 0.344 e. The summed E-state index contributed by atoms with van der Waals surface area (Å²) in [5, 5.41) is 7.37. The molecule has 3 N–H and O–H groups in total. The van der Waals surface area contributed by atoms with Crippen LogP contribution in [0.25, 0.3) is 5.69 Å². The Balaban J connectivity index is 1.99. The molecule has 1 amide bonds. The lowest BCUT2D eigenvalue weighted by molar-refractivity contribution is 0.0523. The van der Waals surface area contributed by atoms with Gasteiger partial charge in [0.05, 0.1) is 12.3 Å². The monoisotopic (exact) mass is 360 g/mol. The van der Waals surface area contributed by atoms with Crippen LogP contribution in [-0.2, 0) is 4.74 Å². The normalized spacial score (nSPS) is 13.6. The fourth-order valence-electron chi connectivity index (χ4n) is 2.48. The molecule has 7 nitrogen and oxygen atoms in total. The number of nitrogens with two attached hydrogens (primary N) is 1. The molecule has 0 spiro atoms. The molecule has 8 heteroatoms. The summed E-state index contributed by atoms with van der Waals surface area (Å²) in [5.41, 5.74) is 8.22. The first kappa shape index (κ1) is 17.3. The average molecular weight is 360 g/mol. The lowest BCUT2D eigenvalue weighted by Gasteiger charge is -2.11. The second-order valence-corrected chi connectivity index (χ2v) is 6.39. The van der Waals surface area contributed by atoms with Crippen molar-refractivity contribution in [1.29, 1.82) is 0 Å². The molecular weight excluding hydrogens is 340 g/mol. The SMILES string of the molecule is CCOC(=O)c1c(S)nn(-c2cc(C(=O)NC3CC3)ccc2C)c1N. The van der Waals surface area contributed by atoms with Crippen molar-refractivity contribution >= 4 is 30.3 Å². The fraction of sp³-hybridized carbons (Fsp3) is 0.353. The van der Waals surface area contributed by atoms with Gasteiger partial charge >= 0.3 is 5.97 Å². The van der Waals surface area contributed by atoms with E-state index in [2.05, 4.69) is 23.0 Å². The Labute approximate surface area is 150 Å². The van der Waals surface area contributed by atoms with Crippen molar-refractivity contribution in [2.75, 3.05) is 12.3 Å². The van der Waals surface area contributed by atoms with Gasteiger partial charge in [-0.15, -0.1) is 12.6 Å². The van der Waals surface area contributed by atoms with E-state index in [9.17, 15) is 9.59 Å². The van der Waals surface area contributed by atoms with E-state index in [1.165, 1.54) is 4.68 Å². The summed E-state index contributed by atoms with van der Waals surface area (Å²) in [6.45, 7) is 3.82. The number of amides is 1. The molecule has 0 bridgehead atoms. The maximum absolute atomic E-state index is 12.3. The summed E-state index contributed by atoms with van der Waals surface area (Å²) < 4.78 is 6.41. The number of carbonyl (C=O) groups is 2. The molecule has 0 unspecified atom stereocenters. The zero-order valence-corrected chi connectivity index (χ0v) is 15.0. The van der Waals surface area contributed by atoms with E-state index in [4.69, 9.17) is 10.5 Å². The maximum atomic E-state index is 12.3. The van der Waals surface area contributed by atoms with Crippen molar-refractivity contribution in [2.45, 2.75) is 37.8 Å². The van der Waals surface area contributed by atoms with Gasteiger partial charge in [-0.25, -0.2) is 9.48 Å². The summed E-state index contributed by atoms with van der Waals surface area (Å²) in [6.07, 6.45) is 2.03. The molecule has 1 aromatic heterocycles. The van der Waals surface area contributed by atoms with Gasteiger partial charge < -0.3 is 15.8 Å². The molecular formula is C17H20N4O3S. The number of hydrogen-bond donors (Lipinski definition) is 3. The Kier molecular flexibility index (Phi) is 4.71. The van der Waals surface area contributed by atoms with Crippen LogP contribution in [0, 0.1) is 6.92 Å². The number of carbonyl (C=O) groups excluding carboxylic acids is 2. The van der Waals surface area contributed by atoms with E-state index >= 15 is 0 Å². The molecule has 2 aromatic rings. The molecule has 1 heterocycles. The van der Waals surface area contributed by atoms with Crippen LogP contribution in [0.1, 0.15) is 46.0 Å². The number of nitrogens with one attached hydrogen (secondary N) is 1. The highest BCUT2D eigenvalue weighted by atomic mass is 32.1. The number of aryl methyl sites for hydroxylation is 1.